The lowest BCUT2D eigenvalue weighted by atomic mass is 10.2. The van der Waals surface area contributed by atoms with Gasteiger partial charge in [0.25, 0.3) is 0 Å². The van der Waals surface area contributed by atoms with Crippen molar-refractivity contribution >= 4 is 30.4 Å². The fourth-order valence-electron chi connectivity index (χ4n) is 0.637. The lowest BCUT2D eigenvalue weighted by Gasteiger charge is -1.86. The van der Waals surface area contributed by atoms with E-state index in [1.807, 2.05) is 36.4 Å². The highest BCUT2D eigenvalue weighted by Crippen LogP contribution is 2.00. The van der Waals surface area contributed by atoms with Crippen molar-refractivity contribution in [3.8, 4) is 0 Å². The summed E-state index contributed by atoms with van der Waals surface area (Å²) in [5, 5.41) is 6.29. The third-order valence-corrected chi connectivity index (χ3v) is 1.35. The maximum atomic E-state index is 6.29. The molecule has 4 nitrogen and oxygen atoms in total. The first kappa shape index (κ1) is 20.5. The first-order valence-corrected chi connectivity index (χ1v) is 4.77. The summed E-state index contributed by atoms with van der Waals surface area (Å²) in [5.41, 5.74) is 7.29. The molecule has 0 fully saturated rings. The molecule has 0 saturated carbocycles. The Kier molecular flexibility index (Phi) is 19.9. The molecule has 0 aromatic heterocycles. The van der Waals surface area contributed by atoms with Crippen LogP contribution < -0.4 is 11.9 Å². The van der Waals surface area contributed by atoms with Crippen molar-refractivity contribution in [3.05, 3.63) is 54.6 Å². The largest absolute Gasteiger partial charge is 0.368 e. The highest BCUT2D eigenvalue weighted by Gasteiger charge is 1.78. The monoisotopic (exact) mass is 254 g/mol. The molecular formula is C12H19ClN4. The molecule has 0 amide bonds. The van der Waals surface area contributed by atoms with Crippen molar-refractivity contribution < 1.29 is 0 Å². The van der Waals surface area contributed by atoms with E-state index in [-0.39, 0.29) is 12.1 Å². The van der Waals surface area contributed by atoms with Crippen LogP contribution in [-0.4, -0.2) is 12.7 Å². The summed E-state index contributed by atoms with van der Waals surface area (Å²) in [5.74, 6) is -0.231. The molecule has 1 aromatic carbocycles. The Morgan fingerprint density at radius 3 is 2.00 bits per heavy atom. The number of halogens is 1. The Morgan fingerprint density at radius 2 is 1.71 bits per heavy atom. The number of hydrogen-bond acceptors (Lipinski definition) is 2. The van der Waals surface area contributed by atoms with E-state index in [2.05, 4.69) is 30.6 Å². The second-order valence-corrected chi connectivity index (χ2v) is 2.50. The molecule has 0 radical (unpaired) electrons. The summed E-state index contributed by atoms with van der Waals surface area (Å²) in [6.45, 7) is 8.96. The Bertz CT molecular complexity index is 323. The molecule has 0 bridgehead atoms. The zero-order valence-electron chi connectivity index (χ0n) is 9.77. The molecule has 1 rings (SSSR count). The summed E-state index contributed by atoms with van der Waals surface area (Å²) >= 11 is 5.36. The second-order valence-electron chi connectivity index (χ2n) is 2.25. The van der Waals surface area contributed by atoms with Crippen LogP contribution in [0.4, 0.5) is 0 Å². The predicted molar refractivity (Wildman–Crippen MR) is 79.1 cm³/mol. The third-order valence-electron chi connectivity index (χ3n) is 1.23. The number of nitrogens with one attached hydrogen (secondary N) is 1. The number of nitrogens with two attached hydrogens (primary N) is 1. The molecular weight excluding hydrogens is 236 g/mol. The second kappa shape index (κ2) is 16.5. The van der Waals surface area contributed by atoms with Crippen LogP contribution in [0.1, 0.15) is 5.56 Å². The number of benzene rings is 1. The number of nitrogens with zero attached hydrogens (tertiary/aromatic N) is 1. The van der Waals surface area contributed by atoms with Gasteiger partial charge in [-0.05, 0) is 18.4 Å². The summed E-state index contributed by atoms with van der Waals surface area (Å²) in [6, 6.07) is 9.93. The smallest absolute Gasteiger partial charge is 0.211 e. The Balaban J connectivity index is -0.000000213. The molecule has 0 aliphatic heterocycles. The van der Waals surface area contributed by atoms with Crippen molar-refractivity contribution in [1.82, 2.24) is 6.15 Å². The van der Waals surface area contributed by atoms with Gasteiger partial charge in [-0.2, -0.15) is 0 Å². The highest BCUT2D eigenvalue weighted by atomic mass is 35.5. The summed E-state index contributed by atoms with van der Waals surface area (Å²) in [4.78, 5) is 3.00. The SMILES string of the molecule is C=C.C=NC(=N)N.ClC=Cc1ccccc1.N. The van der Waals surface area contributed by atoms with Gasteiger partial charge < -0.3 is 11.9 Å². The number of aliphatic imine (C=N–C) groups is 1. The third kappa shape index (κ3) is 16.7. The minimum absolute atomic E-state index is 0. The van der Waals surface area contributed by atoms with Gasteiger partial charge in [0.1, 0.15) is 0 Å². The van der Waals surface area contributed by atoms with Crippen LogP contribution in [0.15, 0.2) is 54.0 Å². The van der Waals surface area contributed by atoms with Crippen LogP contribution in [0.5, 0.6) is 0 Å². The van der Waals surface area contributed by atoms with Crippen molar-refractivity contribution in [1.29, 1.82) is 5.41 Å². The van der Waals surface area contributed by atoms with Crippen LogP contribution >= 0.6 is 11.6 Å². The fourth-order valence-corrected chi connectivity index (χ4v) is 0.782. The van der Waals surface area contributed by atoms with Crippen molar-refractivity contribution in [3.63, 3.8) is 0 Å². The Hall–Kier alpha value is -1.91. The van der Waals surface area contributed by atoms with Crippen LogP contribution in [0, 0.1) is 5.41 Å². The number of guanidine groups is 1. The maximum absolute atomic E-state index is 6.29. The van der Waals surface area contributed by atoms with Crippen LogP contribution in [0.3, 0.4) is 0 Å². The standard InChI is InChI=1S/C8H7Cl.C2H5N3.C2H4.H3N/c9-7-6-8-4-2-1-3-5-8;1-5-2(3)4;1-2;/h1-7H;1H2,(H3,3,4);1-2H2;1H3. The van der Waals surface area contributed by atoms with E-state index in [1.165, 1.54) is 5.54 Å². The number of rotatable bonds is 1. The first-order valence-electron chi connectivity index (χ1n) is 4.33. The average Bonchev–Trinajstić information content (AvgIpc) is 2.34. The van der Waals surface area contributed by atoms with Crippen molar-refractivity contribution in [2.75, 3.05) is 0 Å². The minimum Gasteiger partial charge on any atom is -0.368 e. The lowest BCUT2D eigenvalue weighted by molar-refractivity contribution is 1.39. The van der Waals surface area contributed by atoms with E-state index in [9.17, 15) is 0 Å². The van der Waals surface area contributed by atoms with Gasteiger partial charge in [0, 0.05) is 5.54 Å². The van der Waals surface area contributed by atoms with Gasteiger partial charge in [-0.25, -0.2) is 4.99 Å². The molecule has 0 aliphatic carbocycles. The first-order chi connectivity index (χ1) is 7.70. The molecule has 0 aliphatic rings. The van der Waals surface area contributed by atoms with E-state index < -0.39 is 0 Å². The lowest BCUT2D eigenvalue weighted by Crippen LogP contribution is -2.03. The fraction of sp³-hybridized carbons (Fsp3) is 0. The minimum atomic E-state index is -0.231. The molecule has 94 valence electrons. The van der Waals surface area contributed by atoms with Gasteiger partial charge in [-0.15, -0.1) is 13.2 Å². The molecule has 17 heavy (non-hydrogen) atoms. The zero-order chi connectivity index (χ0) is 12.8. The molecule has 1 aromatic rings. The van der Waals surface area contributed by atoms with Gasteiger partial charge in [0.2, 0.25) is 5.96 Å². The van der Waals surface area contributed by atoms with E-state index in [0.717, 1.165) is 5.56 Å². The average molecular weight is 255 g/mol. The topological polar surface area (TPSA) is 97.2 Å². The summed E-state index contributed by atoms with van der Waals surface area (Å²) in [6.07, 6.45) is 1.85. The van der Waals surface area contributed by atoms with Crippen LogP contribution in [0.2, 0.25) is 0 Å². The normalized spacial score (nSPS) is 7.59. The van der Waals surface area contributed by atoms with Gasteiger partial charge >= 0.3 is 0 Å². The van der Waals surface area contributed by atoms with E-state index in [4.69, 9.17) is 17.0 Å². The van der Waals surface area contributed by atoms with E-state index >= 15 is 0 Å². The number of hydrogen-bond donors (Lipinski definition) is 3. The zero-order valence-corrected chi connectivity index (χ0v) is 10.5. The van der Waals surface area contributed by atoms with Gasteiger partial charge in [0.15, 0.2) is 0 Å². The van der Waals surface area contributed by atoms with Crippen molar-refractivity contribution in [2.45, 2.75) is 0 Å². The maximum Gasteiger partial charge on any atom is 0.211 e. The van der Waals surface area contributed by atoms with Gasteiger partial charge in [0.05, 0.1) is 0 Å². The Labute approximate surface area is 108 Å². The van der Waals surface area contributed by atoms with Crippen LogP contribution in [-0.2, 0) is 0 Å². The van der Waals surface area contributed by atoms with E-state index in [0.29, 0.717) is 0 Å². The van der Waals surface area contributed by atoms with E-state index in [1.54, 1.807) is 0 Å². The summed E-state index contributed by atoms with van der Waals surface area (Å²) in [7, 11) is 0. The van der Waals surface area contributed by atoms with Crippen molar-refractivity contribution in [2.24, 2.45) is 10.7 Å². The van der Waals surface area contributed by atoms with Crippen LogP contribution in [0.25, 0.3) is 6.08 Å². The predicted octanol–water partition coefficient (Wildman–Crippen LogP) is 3.44. The molecule has 0 saturated heterocycles. The molecule has 0 spiro atoms. The highest BCUT2D eigenvalue weighted by molar-refractivity contribution is 6.27. The summed E-state index contributed by atoms with van der Waals surface area (Å²) < 4.78 is 0. The van der Waals surface area contributed by atoms with Gasteiger partial charge in [-0.3, -0.25) is 5.41 Å². The quantitative estimate of drug-likeness (QED) is 0.406. The molecule has 6 N–H and O–H groups in total. The van der Waals surface area contributed by atoms with Gasteiger partial charge in [-0.1, -0.05) is 41.9 Å². The molecule has 0 atom stereocenters. The molecule has 0 unspecified atom stereocenters. The Morgan fingerprint density at radius 1 is 1.29 bits per heavy atom. The molecule has 5 heteroatoms. The molecule has 0 heterocycles.